The Morgan fingerprint density at radius 2 is 2.46 bits per heavy atom. The van der Waals surface area contributed by atoms with Gasteiger partial charge >= 0.3 is 0 Å². The average Bonchev–Trinajstić information content (AvgIpc) is 2.13. The van der Waals surface area contributed by atoms with E-state index in [1.165, 1.54) is 10.9 Å². The second kappa shape index (κ2) is 4.38. The number of hydrogen-bond donors (Lipinski definition) is 2. The van der Waals surface area contributed by atoms with Crippen LogP contribution in [0.25, 0.3) is 0 Å². The van der Waals surface area contributed by atoms with Crippen LogP contribution >= 0.6 is 15.9 Å². The number of aryl methyl sites for hydroxylation is 1. The summed E-state index contributed by atoms with van der Waals surface area (Å²) in [6.45, 7) is 0.412. The van der Waals surface area contributed by atoms with Crippen LogP contribution in [0.2, 0.25) is 0 Å². The summed E-state index contributed by atoms with van der Waals surface area (Å²) in [5.74, 6) is 0. The largest absolute Gasteiger partial charge is 0.395 e. The molecule has 0 bridgehead atoms. The molecule has 1 aromatic rings. The molecule has 5 nitrogen and oxygen atoms in total. The molecule has 0 radical (unpaired) electrons. The molecule has 0 saturated heterocycles. The van der Waals surface area contributed by atoms with E-state index < -0.39 is 0 Å². The Balaban J connectivity index is 2.97. The highest BCUT2D eigenvalue weighted by Gasteiger charge is 2.04. The Labute approximate surface area is 83.5 Å². The van der Waals surface area contributed by atoms with E-state index in [-0.39, 0.29) is 12.2 Å². The van der Waals surface area contributed by atoms with Crippen LogP contribution in [0.1, 0.15) is 0 Å². The lowest BCUT2D eigenvalue weighted by Crippen LogP contribution is -2.21. The van der Waals surface area contributed by atoms with Crippen molar-refractivity contribution in [1.82, 2.24) is 9.78 Å². The number of hydrogen-bond acceptors (Lipinski definition) is 4. The maximum Gasteiger partial charge on any atom is 0.282 e. The van der Waals surface area contributed by atoms with Crippen LogP contribution in [0, 0.1) is 0 Å². The molecular weight excluding hydrogens is 238 g/mol. The minimum Gasteiger partial charge on any atom is -0.395 e. The average molecular weight is 248 g/mol. The van der Waals surface area contributed by atoms with Gasteiger partial charge in [0.2, 0.25) is 0 Å². The van der Waals surface area contributed by atoms with Gasteiger partial charge in [-0.3, -0.25) is 4.79 Å². The molecule has 0 aliphatic carbocycles. The van der Waals surface area contributed by atoms with Crippen LogP contribution in [0.3, 0.4) is 0 Å². The molecule has 0 atom stereocenters. The zero-order valence-electron chi connectivity index (χ0n) is 7.12. The van der Waals surface area contributed by atoms with Gasteiger partial charge in [0.15, 0.2) is 0 Å². The zero-order chi connectivity index (χ0) is 9.84. The van der Waals surface area contributed by atoms with Gasteiger partial charge in [0.25, 0.3) is 5.56 Å². The predicted octanol–water partition coefficient (Wildman–Crippen LogP) is -0.0530. The Morgan fingerprint density at radius 1 is 1.77 bits per heavy atom. The van der Waals surface area contributed by atoms with Crippen LogP contribution in [0.15, 0.2) is 15.5 Å². The molecule has 1 heterocycles. The normalized spacial score (nSPS) is 10.1. The summed E-state index contributed by atoms with van der Waals surface area (Å²) in [5.41, 5.74) is 0.389. The Kier molecular flexibility index (Phi) is 3.44. The molecule has 0 fully saturated rings. The summed E-state index contributed by atoms with van der Waals surface area (Å²) in [5, 5.41) is 15.2. The summed E-state index contributed by atoms with van der Waals surface area (Å²) < 4.78 is 1.66. The van der Waals surface area contributed by atoms with Crippen molar-refractivity contribution in [3.8, 4) is 0 Å². The SMILES string of the molecule is Cn1ncc(NCCO)c(Br)c1=O. The van der Waals surface area contributed by atoms with E-state index in [1.807, 2.05) is 0 Å². The molecule has 0 aliphatic heterocycles. The predicted molar refractivity (Wildman–Crippen MR) is 52.8 cm³/mol. The van der Waals surface area contributed by atoms with Gasteiger partial charge in [0, 0.05) is 13.6 Å². The third-order valence-corrected chi connectivity index (χ3v) is 2.27. The fourth-order valence-electron chi connectivity index (χ4n) is 0.825. The maximum absolute atomic E-state index is 11.3. The first kappa shape index (κ1) is 10.2. The number of rotatable bonds is 3. The summed E-state index contributed by atoms with van der Waals surface area (Å²) in [6.07, 6.45) is 1.53. The summed E-state index contributed by atoms with van der Waals surface area (Å²) in [6, 6.07) is 0. The van der Waals surface area contributed by atoms with Crippen molar-refractivity contribution in [2.24, 2.45) is 7.05 Å². The zero-order valence-corrected chi connectivity index (χ0v) is 8.71. The smallest absolute Gasteiger partial charge is 0.282 e. The number of nitrogens with zero attached hydrogens (tertiary/aromatic N) is 2. The van der Waals surface area contributed by atoms with Crippen molar-refractivity contribution in [3.63, 3.8) is 0 Å². The minimum absolute atomic E-state index is 0.0155. The van der Waals surface area contributed by atoms with Crippen LogP contribution in [-0.2, 0) is 7.05 Å². The van der Waals surface area contributed by atoms with Gasteiger partial charge in [-0.25, -0.2) is 4.68 Å². The molecule has 0 unspecified atom stereocenters. The van der Waals surface area contributed by atoms with Crippen molar-refractivity contribution in [2.75, 3.05) is 18.5 Å². The fourth-order valence-corrected chi connectivity index (χ4v) is 1.32. The molecule has 0 aliphatic rings. The monoisotopic (exact) mass is 247 g/mol. The van der Waals surface area contributed by atoms with E-state index >= 15 is 0 Å². The van der Waals surface area contributed by atoms with Crippen LogP contribution in [-0.4, -0.2) is 28.0 Å². The molecule has 2 N–H and O–H groups in total. The van der Waals surface area contributed by atoms with Crippen LogP contribution < -0.4 is 10.9 Å². The molecule has 0 aromatic carbocycles. The highest BCUT2D eigenvalue weighted by molar-refractivity contribution is 9.10. The van der Waals surface area contributed by atoms with Gasteiger partial charge in [-0.2, -0.15) is 5.10 Å². The number of aromatic nitrogens is 2. The van der Waals surface area contributed by atoms with Crippen LogP contribution in [0.4, 0.5) is 5.69 Å². The summed E-state index contributed by atoms with van der Waals surface area (Å²) in [7, 11) is 1.57. The third kappa shape index (κ3) is 2.28. The molecule has 0 saturated carbocycles. The van der Waals surface area contributed by atoms with Gasteiger partial charge in [0.1, 0.15) is 4.47 Å². The second-order valence-electron chi connectivity index (χ2n) is 2.45. The van der Waals surface area contributed by atoms with Gasteiger partial charge in [-0.15, -0.1) is 0 Å². The standard InChI is InChI=1S/C7H10BrN3O2/c1-11-7(13)6(8)5(4-10-11)9-2-3-12/h4,9,12H,2-3H2,1H3. The number of nitrogens with one attached hydrogen (secondary N) is 1. The first-order valence-corrected chi connectivity index (χ1v) is 4.52. The number of aliphatic hydroxyl groups excluding tert-OH is 1. The molecular formula is C7H10BrN3O2. The quantitative estimate of drug-likeness (QED) is 0.786. The second-order valence-corrected chi connectivity index (χ2v) is 3.24. The van der Waals surface area contributed by atoms with E-state index in [1.54, 1.807) is 7.05 Å². The highest BCUT2D eigenvalue weighted by atomic mass is 79.9. The third-order valence-electron chi connectivity index (χ3n) is 1.51. The lowest BCUT2D eigenvalue weighted by atomic mass is 10.4. The number of halogens is 1. The van der Waals surface area contributed by atoms with E-state index in [0.717, 1.165) is 0 Å². The van der Waals surface area contributed by atoms with Crippen molar-refractivity contribution in [1.29, 1.82) is 0 Å². The van der Waals surface area contributed by atoms with E-state index in [0.29, 0.717) is 16.7 Å². The van der Waals surface area contributed by atoms with Crippen molar-refractivity contribution < 1.29 is 5.11 Å². The highest BCUT2D eigenvalue weighted by Crippen LogP contribution is 2.14. The topological polar surface area (TPSA) is 67.2 Å². The molecule has 1 rings (SSSR count). The Morgan fingerprint density at radius 3 is 3.08 bits per heavy atom. The first-order chi connectivity index (χ1) is 6.16. The molecule has 72 valence electrons. The summed E-state index contributed by atoms with van der Waals surface area (Å²) >= 11 is 3.14. The van der Waals surface area contributed by atoms with Gasteiger partial charge in [0.05, 0.1) is 18.5 Å². The maximum atomic E-state index is 11.3. The lowest BCUT2D eigenvalue weighted by Gasteiger charge is -2.06. The Bertz CT molecular complexity index is 350. The van der Waals surface area contributed by atoms with Gasteiger partial charge < -0.3 is 10.4 Å². The first-order valence-electron chi connectivity index (χ1n) is 3.73. The number of anilines is 1. The van der Waals surface area contributed by atoms with Gasteiger partial charge in [-0.1, -0.05) is 0 Å². The number of aliphatic hydroxyl groups is 1. The molecule has 0 amide bonds. The molecule has 6 heteroatoms. The molecule has 1 aromatic heterocycles. The summed E-state index contributed by atoms with van der Waals surface area (Å²) in [4.78, 5) is 11.3. The molecule has 0 spiro atoms. The fraction of sp³-hybridized carbons (Fsp3) is 0.429. The van der Waals surface area contributed by atoms with E-state index in [2.05, 4.69) is 26.3 Å². The van der Waals surface area contributed by atoms with Crippen molar-refractivity contribution in [3.05, 3.63) is 21.0 Å². The minimum atomic E-state index is -0.206. The Hall–Kier alpha value is -0.880. The van der Waals surface area contributed by atoms with Gasteiger partial charge in [-0.05, 0) is 15.9 Å². The van der Waals surface area contributed by atoms with E-state index in [4.69, 9.17) is 5.11 Å². The molecule has 13 heavy (non-hydrogen) atoms. The lowest BCUT2D eigenvalue weighted by molar-refractivity contribution is 0.311. The van der Waals surface area contributed by atoms with Crippen LogP contribution in [0.5, 0.6) is 0 Å². The van der Waals surface area contributed by atoms with Crippen molar-refractivity contribution >= 4 is 21.6 Å². The van der Waals surface area contributed by atoms with Crippen molar-refractivity contribution in [2.45, 2.75) is 0 Å². The van der Waals surface area contributed by atoms with E-state index in [9.17, 15) is 4.79 Å².